The number of fused-ring (bicyclic) bond motifs is 1. The predicted molar refractivity (Wildman–Crippen MR) is 51.9 cm³/mol. The Kier molecular flexibility index (Phi) is 3.39. The molecule has 0 saturated carbocycles. The minimum atomic E-state index is 0.678. The van der Waals surface area contributed by atoms with Gasteiger partial charge in [-0.3, -0.25) is 0 Å². The van der Waals surface area contributed by atoms with E-state index in [4.69, 9.17) is 4.74 Å². The SMILES string of the molecule is CC.CC1C=C2OCCC2=CC1. The number of ether oxygens (including phenoxy) is 1. The smallest absolute Gasteiger partial charge is 0.118 e. The van der Waals surface area contributed by atoms with E-state index in [0.29, 0.717) is 5.92 Å². The maximum atomic E-state index is 5.42. The number of hydrogen-bond acceptors (Lipinski definition) is 1. The van der Waals surface area contributed by atoms with Crippen LogP contribution < -0.4 is 0 Å². The van der Waals surface area contributed by atoms with Gasteiger partial charge in [-0.2, -0.15) is 0 Å². The van der Waals surface area contributed by atoms with Crippen LogP contribution in [0.15, 0.2) is 23.5 Å². The standard InChI is InChI=1S/C9H12O.C2H6/c1-7-2-3-8-4-5-10-9(8)6-7;1-2/h3,6-7H,2,4-5H2,1H3;1-2H3. The summed E-state index contributed by atoms with van der Waals surface area (Å²) in [5.74, 6) is 1.83. The second kappa shape index (κ2) is 4.34. The summed E-state index contributed by atoms with van der Waals surface area (Å²) < 4.78 is 5.42. The topological polar surface area (TPSA) is 9.23 Å². The van der Waals surface area contributed by atoms with E-state index in [9.17, 15) is 0 Å². The van der Waals surface area contributed by atoms with Crippen molar-refractivity contribution in [2.75, 3.05) is 6.61 Å². The van der Waals surface area contributed by atoms with Crippen LogP contribution in [0.4, 0.5) is 0 Å². The molecule has 0 N–H and O–H groups in total. The summed E-state index contributed by atoms with van der Waals surface area (Å²) in [4.78, 5) is 0. The van der Waals surface area contributed by atoms with Crippen LogP contribution in [-0.4, -0.2) is 6.61 Å². The van der Waals surface area contributed by atoms with E-state index in [1.54, 1.807) is 0 Å². The van der Waals surface area contributed by atoms with Crippen LogP contribution in [0.3, 0.4) is 0 Å². The van der Waals surface area contributed by atoms with Gasteiger partial charge in [0.2, 0.25) is 0 Å². The van der Waals surface area contributed by atoms with Crippen molar-refractivity contribution in [1.29, 1.82) is 0 Å². The molecular weight excluding hydrogens is 148 g/mol. The van der Waals surface area contributed by atoms with Crippen LogP contribution in [0.5, 0.6) is 0 Å². The molecule has 0 bridgehead atoms. The van der Waals surface area contributed by atoms with E-state index < -0.39 is 0 Å². The number of rotatable bonds is 0. The van der Waals surface area contributed by atoms with Crippen molar-refractivity contribution in [3.8, 4) is 0 Å². The second-order valence-corrected chi connectivity index (χ2v) is 3.07. The van der Waals surface area contributed by atoms with Crippen molar-refractivity contribution >= 4 is 0 Å². The highest BCUT2D eigenvalue weighted by Gasteiger charge is 2.18. The molecule has 68 valence electrons. The molecule has 1 saturated heterocycles. The van der Waals surface area contributed by atoms with Crippen LogP contribution in [0.2, 0.25) is 0 Å². The zero-order chi connectivity index (χ0) is 8.97. The molecule has 1 aliphatic carbocycles. The Hall–Kier alpha value is -0.720. The molecule has 2 rings (SSSR count). The Morgan fingerprint density at radius 3 is 2.92 bits per heavy atom. The molecular formula is C11H18O. The molecule has 1 aliphatic heterocycles. The third-order valence-electron chi connectivity index (χ3n) is 2.12. The molecule has 1 heterocycles. The largest absolute Gasteiger partial charge is 0.493 e. The van der Waals surface area contributed by atoms with Gasteiger partial charge in [-0.1, -0.05) is 26.8 Å². The summed E-state index contributed by atoms with van der Waals surface area (Å²) in [6.45, 7) is 7.12. The van der Waals surface area contributed by atoms with E-state index >= 15 is 0 Å². The lowest BCUT2D eigenvalue weighted by molar-refractivity contribution is 0.262. The zero-order valence-electron chi connectivity index (χ0n) is 8.26. The summed E-state index contributed by atoms with van der Waals surface area (Å²) in [6, 6.07) is 0. The first-order valence-electron chi connectivity index (χ1n) is 4.90. The normalized spacial score (nSPS) is 25.8. The first-order valence-corrected chi connectivity index (χ1v) is 4.90. The molecule has 0 aromatic rings. The fraction of sp³-hybridized carbons (Fsp3) is 0.636. The molecule has 1 nitrogen and oxygen atoms in total. The minimum absolute atomic E-state index is 0.678. The van der Waals surface area contributed by atoms with Gasteiger partial charge >= 0.3 is 0 Å². The van der Waals surface area contributed by atoms with Gasteiger partial charge in [0, 0.05) is 6.42 Å². The Morgan fingerprint density at radius 1 is 1.42 bits per heavy atom. The lowest BCUT2D eigenvalue weighted by Gasteiger charge is -2.11. The Bertz CT molecular complexity index is 201. The van der Waals surface area contributed by atoms with E-state index in [1.165, 1.54) is 12.0 Å². The van der Waals surface area contributed by atoms with E-state index in [1.807, 2.05) is 13.8 Å². The average molecular weight is 166 g/mol. The summed E-state index contributed by atoms with van der Waals surface area (Å²) in [7, 11) is 0. The van der Waals surface area contributed by atoms with Gasteiger partial charge in [0.15, 0.2) is 0 Å². The molecule has 0 aromatic carbocycles. The average Bonchev–Trinajstić information content (AvgIpc) is 2.54. The van der Waals surface area contributed by atoms with Crippen LogP contribution >= 0.6 is 0 Å². The fourth-order valence-electron chi connectivity index (χ4n) is 1.50. The van der Waals surface area contributed by atoms with Gasteiger partial charge in [0.25, 0.3) is 0 Å². The predicted octanol–water partition coefficient (Wildman–Crippen LogP) is 3.28. The van der Waals surface area contributed by atoms with Crippen molar-refractivity contribution < 1.29 is 4.74 Å². The summed E-state index contributed by atoms with van der Waals surface area (Å²) >= 11 is 0. The molecule has 0 spiro atoms. The quantitative estimate of drug-likeness (QED) is 0.536. The molecule has 2 aliphatic rings. The summed E-state index contributed by atoms with van der Waals surface area (Å²) in [6.07, 6.45) is 6.87. The van der Waals surface area contributed by atoms with Crippen molar-refractivity contribution in [2.24, 2.45) is 5.92 Å². The van der Waals surface area contributed by atoms with Crippen LogP contribution in [-0.2, 0) is 4.74 Å². The lowest BCUT2D eigenvalue weighted by atomic mass is 9.97. The number of allylic oxidation sites excluding steroid dienone is 3. The Labute approximate surface area is 75.1 Å². The van der Waals surface area contributed by atoms with Crippen LogP contribution in [0, 0.1) is 5.92 Å². The second-order valence-electron chi connectivity index (χ2n) is 3.07. The minimum Gasteiger partial charge on any atom is -0.493 e. The molecule has 0 amide bonds. The van der Waals surface area contributed by atoms with Gasteiger partial charge in [-0.15, -0.1) is 0 Å². The monoisotopic (exact) mass is 166 g/mol. The van der Waals surface area contributed by atoms with Crippen molar-refractivity contribution in [2.45, 2.75) is 33.6 Å². The first-order chi connectivity index (χ1) is 5.86. The maximum absolute atomic E-state index is 5.42. The van der Waals surface area contributed by atoms with Gasteiger partial charge in [0.05, 0.1) is 6.61 Å². The third kappa shape index (κ3) is 1.90. The molecule has 1 heteroatoms. The molecule has 12 heavy (non-hydrogen) atoms. The van der Waals surface area contributed by atoms with Crippen LogP contribution in [0.25, 0.3) is 0 Å². The first kappa shape index (κ1) is 9.37. The van der Waals surface area contributed by atoms with E-state index in [2.05, 4.69) is 19.1 Å². The van der Waals surface area contributed by atoms with Crippen molar-refractivity contribution in [1.82, 2.24) is 0 Å². The fourth-order valence-corrected chi connectivity index (χ4v) is 1.50. The Balaban J connectivity index is 0.000000336. The summed E-state index contributed by atoms with van der Waals surface area (Å²) in [5, 5.41) is 0. The Morgan fingerprint density at radius 2 is 2.17 bits per heavy atom. The highest BCUT2D eigenvalue weighted by molar-refractivity contribution is 5.32. The van der Waals surface area contributed by atoms with Crippen molar-refractivity contribution in [3.05, 3.63) is 23.5 Å². The summed E-state index contributed by atoms with van der Waals surface area (Å²) in [5.41, 5.74) is 1.43. The lowest BCUT2D eigenvalue weighted by Crippen LogP contribution is -1.97. The molecule has 0 aromatic heterocycles. The van der Waals surface area contributed by atoms with Gasteiger partial charge in [0.1, 0.15) is 5.76 Å². The maximum Gasteiger partial charge on any atom is 0.118 e. The zero-order valence-corrected chi connectivity index (χ0v) is 8.26. The molecule has 1 fully saturated rings. The van der Waals surface area contributed by atoms with E-state index in [0.717, 1.165) is 18.8 Å². The van der Waals surface area contributed by atoms with Gasteiger partial charge in [-0.05, 0) is 24.0 Å². The number of hydrogen-bond donors (Lipinski definition) is 0. The van der Waals surface area contributed by atoms with Crippen molar-refractivity contribution in [3.63, 3.8) is 0 Å². The van der Waals surface area contributed by atoms with E-state index in [-0.39, 0.29) is 0 Å². The molecule has 1 atom stereocenters. The highest BCUT2D eigenvalue weighted by atomic mass is 16.5. The van der Waals surface area contributed by atoms with Gasteiger partial charge < -0.3 is 4.74 Å². The third-order valence-corrected chi connectivity index (χ3v) is 2.12. The van der Waals surface area contributed by atoms with Crippen LogP contribution in [0.1, 0.15) is 33.6 Å². The highest BCUT2D eigenvalue weighted by Crippen LogP contribution is 2.30. The molecule has 0 radical (unpaired) electrons. The molecule has 1 unspecified atom stereocenters. The van der Waals surface area contributed by atoms with Gasteiger partial charge in [-0.25, -0.2) is 0 Å².